The second kappa shape index (κ2) is 15.5. The number of ether oxygens (including phenoxy) is 1. The normalized spacial score (nSPS) is 14.5. The van der Waals surface area contributed by atoms with E-state index in [9.17, 15) is 4.79 Å². The third kappa shape index (κ3) is 10.5. The predicted molar refractivity (Wildman–Crippen MR) is 114 cm³/mol. The number of anilines is 1. The molecule has 0 atom stereocenters. The van der Waals surface area contributed by atoms with Gasteiger partial charge in [0.2, 0.25) is 5.91 Å². The molecule has 1 aliphatic rings. The van der Waals surface area contributed by atoms with Crippen LogP contribution in [0.1, 0.15) is 5.56 Å². The zero-order valence-electron chi connectivity index (χ0n) is 15.4. The van der Waals surface area contributed by atoms with Gasteiger partial charge in [-0.1, -0.05) is 12.1 Å². The third-order valence-corrected chi connectivity index (χ3v) is 3.98. The van der Waals surface area contributed by atoms with Gasteiger partial charge in [0.15, 0.2) is 0 Å². The number of rotatable bonds is 8. The lowest BCUT2D eigenvalue weighted by molar-refractivity contribution is -0.115. The molecule has 2 rings (SSSR count). The molecule has 1 fully saturated rings. The molecule has 0 saturated carbocycles. The minimum atomic E-state index is -0.0298. The van der Waals surface area contributed by atoms with E-state index in [-0.39, 0.29) is 43.1 Å². The number of hydrogen-bond donors (Lipinski definition) is 2. The highest BCUT2D eigenvalue weighted by Crippen LogP contribution is 2.13. The van der Waals surface area contributed by atoms with Crippen molar-refractivity contribution in [2.45, 2.75) is 6.54 Å². The average Bonchev–Trinajstić information content (AvgIpc) is 2.54. The summed E-state index contributed by atoms with van der Waals surface area (Å²) < 4.78 is 4.93. The van der Waals surface area contributed by atoms with Crippen molar-refractivity contribution < 1.29 is 9.53 Å². The Hall–Kier alpha value is -0.600. The molecule has 152 valence electrons. The van der Waals surface area contributed by atoms with Gasteiger partial charge in [0.25, 0.3) is 0 Å². The first kappa shape index (κ1) is 27.6. The molecule has 26 heavy (non-hydrogen) atoms. The summed E-state index contributed by atoms with van der Waals surface area (Å²) in [5.41, 5.74) is 2.09. The predicted octanol–water partition coefficient (Wildman–Crippen LogP) is 1.87. The second-order valence-electron chi connectivity index (χ2n) is 6.00. The number of carbonyl (C=O) groups excluding carboxylic acids is 1. The van der Waals surface area contributed by atoms with Crippen molar-refractivity contribution in [3.05, 3.63) is 29.8 Å². The van der Waals surface area contributed by atoms with Crippen molar-refractivity contribution in [3.63, 3.8) is 0 Å². The molecule has 1 aromatic rings. The number of carbonyl (C=O) groups is 1. The summed E-state index contributed by atoms with van der Waals surface area (Å²) in [5.74, 6) is -0.0298. The fraction of sp³-hybridized carbons (Fsp3) is 0.588. The number of amides is 1. The van der Waals surface area contributed by atoms with Crippen molar-refractivity contribution in [3.8, 4) is 0 Å². The zero-order valence-corrected chi connectivity index (χ0v) is 17.9. The highest BCUT2D eigenvalue weighted by atomic mass is 35.5. The van der Waals surface area contributed by atoms with E-state index >= 15 is 0 Å². The first-order valence-corrected chi connectivity index (χ1v) is 8.16. The van der Waals surface area contributed by atoms with Gasteiger partial charge in [0.1, 0.15) is 0 Å². The maximum atomic E-state index is 11.9. The smallest absolute Gasteiger partial charge is 0.238 e. The Kier molecular flexibility index (Phi) is 16.4. The van der Waals surface area contributed by atoms with Gasteiger partial charge >= 0.3 is 0 Å². The van der Waals surface area contributed by atoms with Crippen LogP contribution in [-0.2, 0) is 16.1 Å². The van der Waals surface area contributed by atoms with Gasteiger partial charge < -0.3 is 20.3 Å². The number of methoxy groups -OCH3 is 1. The Balaban J connectivity index is 0. The number of hydrogen-bond acceptors (Lipinski definition) is 5. The molecule has 0 radical (unpaired) electrons. The van der Waals surface area contributed by atoms with E-state index in [1.807, 2.05) is 12.1 Å². The molecule has 1 aliphatic heterocycles. The van der Waals surface area contributed by atoms with Gasteiger partial charge in [-0.2, -0.15) is 0 Å². The molecule has 0 aromatic heterocycles. The molecular formula is C17H31Cl3N4O2. The standard InChI is InChI=1S/C17H28N4O2.3ClH/c1-20-7-9-21(10-8-20)14-15-4-3-5-16(12-15)19-17(22)13-18-6-11-23-2;;;/h3-5,12,18H,6-11,13-14H2,1-2H3,(H,19,22);3*1H. The second-order valence-corrected chi connectivity index (χ2v) is 6.00. The van der Waals surface area contributed by atoms with E-state index < -0.39 is 0 Å². The number of nitrogens with one attached hydrogen (secondary N) is 2. The minimum Gasteiger partial charge on any atom is -0.383 e. The molecule has 0 aliphatic carbocycles. The zero-order chi connectivity index (χ0) is 16.5. The van der Waals surface area contributed by atoms with Crippen LogP contribution in [0.25, 0.3) is 0 Å². The summed E-state index contributed by atoms with van der Waals surface area (Å²) in [4.78, 5) is 16.7. The molecule has 6 nitrogen and oxygen atoms in total. The van der Waals surface area contributed by atoms with Crippen LogP contribution in [0.2, 0.25) is 0 Å². The largest absolute Gasteiger partial charge is 0.383 e. The van der Waals surface area contributed by atoms with Crippen LogP contribution in [-0.4, -0.2) is 75.7 Å². The van der Waals surface area contributed by atoms with Crippen molar-refractivity contribution in [1.82, 2.24) is 15.1 Å². The van der Waals surface area contributed by atoms with Gasteiger partial charge in [-0.25, -0.2) is 0 Å². The van der Waals surface area contributed by atoms with Crippen LogP contribution in [0, 0.1) is 0 Å². The molecule has 0 bridgehead atoms. The minimum absolute atomic E-state index is 0. The molecule has 1 aromatic carbocycles. The topological polar surface area (TPSA) is 56.8 Å². The van der Waals surface area contributed by atoms with Crippen LogP contribution < -0.4 is 10.6 Å². The lowest BCUT2D eigenvalue weighted by Gasteiger charge is -2.32. The number of nitrogens with zero attached hydrogens (tertiary/aromatic N) is 2. The van der Waals surface area contributed by atoms with Crippen molar-refractivity contribution >= 4 is 48.8 Å². The number of likely N-dealkylation sites (N-methyl/N-ethyl adjacent to an activating group) is 1. The number of piperazine rings is 1. The molecule has 2 N–H and O–H groups in total. The maximum absolute atomic E-state index is 11.9. The average molecular weight is 430 g/mol. The first-order valence-electron chi connectivity index (χ1n) is 8.16. The summed E-state index contributed by atoms with van der Waals surface area (Å²) in [6.45, 7) is 6.93. The lowest BCUT2D eigenvalue weighted by atomic mass is 10.1. The summed E-state index contributed by atoms with van der Waals surface area (Å²) >= 11 is 0. The monoisotopic (exact) mass is 428 g/mol. The van der Waals surface area contributed by atoms with Crippen LogP contribution in [0.4, 0.5) is 5.69 Å². The Morgan fingerprint density at radius 1 is 1.15 bits per heavy atom. The quantitative estimate of drug-likeness (QED) is 0.618. The van der Waals surface area contributed by atoms with Gasteiger partial charge in [-0.15, -0.1) is 37.2 Å². The van der Waals surface area contributed by atoms with E-state index in [1.54, 1.807) is 7.11 Å². The van der Waals surface area contributed by atoms with Crippen molar-refractivity contribution in [2.24, 2.45) is 0 Å². The Morgan fingerprint density at radius 2 is 1.85 bits per heavy atom. The van der Waals surface area contributed by atoms with Gasteiger partial charge in [0, 0.05) is 52.1 Å². The molecule has 1 amide bonds. The Morgan fingerprint density at radius 3 is 2.50 bits per heavy atom. The lowest BCUT2D eigenvalue weighted by Crippen LogP contribution is -2.43. The molecule has 1 saturated heterocycles. The van der Waals surface area contributed by atoms with Crippen LogP contribution >= 0.6 is 37.2 Å². The molecule has 0 spiro atoms. The maximum Gasteiger partial charge on any atom is 0.238 e. The van der Waals surface area contributed by atoms with E-state index in [0.29, 0.717) is 19.7 Å². The van der Waals surface area contributed by atoms with E-state index in [4.69, 9.17) is 4.74 Å². The SMILES string of the molecule is COCCNCC(=O)Nc1cccc(CN2CCN(C)CC2)c1.Cl.Cl.Cl. The van der Waals surface area contributed by atoms with E-state index in [0.717, 1.165) is 38.4 Å². The Labute approximate surface area is 175 Å². The van der Waals surface area contributed by atoms with Crippen molar-refractivity contribution in [1.29, 1.82) is 0 Å². The van der Waals surface area contributed by atoms with E-state index in [1.165, 1.54) is 5.56 Å². The molecular weight excluding hydrogens is 399 g/mol. The van der Waals surface area contributed by atoms with Gasteiger partial charge in [-0.3, -0.25) is 9.69 Å². The molecule has 1 heterocycles. The van der Waals surface area contributed by atoms with Crippen LogP contribution in [0.3, 0.4) is 0 Å². The summed E-state index contributed by atoms with van der Waals surface area (Å²) in [7, 11) is 3.81. The number of benzene rings is 1. The molecule has 0 unspecified atom stereocenters. The van der Waals surface area contributed by atoms with Gasteiger partial charge in [0.05, 0.1) is 13.2 Å². The third-order valence-electron chi connectivity index (χ3n) is 3.98. The fourth-order valence-electron chi connectivity index (χ4n) is 2.59. The summed E-state index contributed by atoms with van der Waals surface area (Å²) in [6, 6.07) is 8.11. The molecule has 9 heteroatoms. The van der Waals surface area contributed by atoms with Crippen molar-refractivity contribution in [2.75, 3.05) is 65.3 Å². The Bertz CT molecular complexity index is 501. The van der Waals surface area contributed by atoms with Crippen LogP contribution in [0.15, 0.2) is 24.3 Å². The van der Waals surface area contributed by atoms with Crippen LogP contribution in [0.5, 0.6) is 0 Å². The summed E-state index contributed by atoms with van der Waals surface area (Å²) in [6.07, 6.45) is 0. The highest BCUT2D eigenvalue weighted by Gasteiger charge is 2.14. The summed E-state index contributed by atoms with van der Waals surface area (Å²) in [5, 5.41) is 5.98. The van der Waals surface area contributed by atoms with E-state index in [2.05, 4.69) is 39.6 Å². The number of halogens is 3. The first-order chi connectivity index (χ1) is 11.2. The fourth-order valence-corrected chi connectivity index (χ4v) is 2.59. The van der Waals surface area contributed by atoms with Gasteiger partial charge in [-0.05, 0) is 24.7 Å². The highest BCUT2D eigenvalue weighted by molar-refractivity contribution is 5.92.